The lowest BCUT2D eigenvalue weighted by molar-refractivity contribution is 0.0861. The number of sulfonamides is 1. The number of hydrogen-bond acceptors (Lipinski definition) is 5. The number of amides is 1. The Bertz CT molecular complexity index is 672. The van der Waals surface area contributed by atoms with Crippen LogP contribution in [0, 0.1) is 5.92 Å². The summed E-state index contributed by atoms with van der Waals surface area (Å²) in [7, 11) is -3.48. The van der Waals surface area contributed by atoms with Crippen LogP contribution in [0.2, 0.25) is 0 Å². The van der Waals surface area contributed by atoms with Crippen molar-refractivity contribution in [3.05, 3.63) is 17.0 Å². The lowest BCUT2D eigenvalue weighted by Crippen LogP contribution is -2.37. The minimum absolute atomic E-state index is 0.0763. The van der Waals surface area contributed by atoms with Crippen molar-refractivity contribution in [2.45, 2.75) is 42.9 Å². The van der Waals surface area contributed by atoms with Crippen LogP contribution in [0.1, 0.15) is 42.3 Å². The standard InChI is InChI=1S/C16H24N2O4S2/c1-12-6-8-18(9-7-12)24(20,21)15-5-4-14(23-15)16(19)17-11-13-3-2-10-22-13/h4-5,12-13H,2-3,6-11H2,1H3,(H,17,19). The normalized spacial score (nSPS) is 23.5. The molecule has 1 N–H and O–H groups in total. The molecule has 1 aromatic heterocycles. The first-order valence-corrected chi connectivity index (χ1v) is 10.7. The summed E-state index contributed by atoms with van der Waals surface area (Å²) in [4.78, 5) is 12.6. The van der Waals surface area contributed by atoms with E-state index in [0.717, 1.165) is 43.6 Å². The van der Waals surface area contributed by atoms with Crippen molar-refractivity contribution >= 4 is 27.3 Å². The fraction of sp³-hybridized carbons (Fsp3) is 0.688. The van der Waals surface area contributed by atoms with E-state index >= 15 is 0 Å². The molecule has 8 heteroatoms. The molecule has 1 aromatic rings. The van der Waals surface area contributed by atoms with Gasteiger partial charge in [0.1, 0.15) is 4.21 Å². The predicted octanol–water partition coefficient (Wildman–Crippen LogP) is 2.08. The summed E-state index contributed by atoms with van der Waals surface area (Å²) >= 11 is 1.04. The molecule has 2 aliphatic heterocycles. The largest absolute Gasteiger partial charge is 0.376 e. The monoisotopic (exact) mass is 372 g/mol. The third-order valence-electron chi connectivity index (χ3n) is 4.66. The summed E-state index contributed by atoms with van der Waals surface area (Å²) in [6.07, 6.45) is 3.83. The Morgan fingerprint density at radius 1 is 1.33 bits per heavy atom. The van der Waals surface area contributed by atoms with Gasteiger partial charge in [0.05, 0.1) is 11.0 Å². The average molecular weight is 373 g/mol. The Hall–Kier alpha value is -0.960. The molecule has 3 heterocycles. The number of nitrogens with zero attached hydrogens (tertiary/aromatic N) is 1. The molecule has 0 aliphatic carbocycles. The first-order chi connectivity index (χ1) is 11.5. The highest BCUT2D eigenvalue weighted by Gasteiger charge is 2.30. The number of rotatable bonds is 5. The molecule has 1 unspecified atom stereocenters. The van der Waals surface area contributed by atoms with E-state index in [2.05, 4.69) is 12.2 Å². The molecule has 2 aliphatic rings. The number of carbonyl (C=O) groups excluding carboxylic acids is 1. The van der Waals surface area contributed by atoms with Gasteiger partial charge in [0, 0.05) is 26.2 Å². The molecule has 134 valence electrons. The maximum Gasteiger partial charge on any atom is 0.261 e. The molecule has 2 fully saturated rings. The fourth-order valence-electron chi connectivity index (χ4n) is 3.03. The van der Waals surface area contributed by atoms with Crippen molar-refractivity contribution < 1.29 is 17.9 Å². The molecule has 1 atom stereocenters. The lowest BCUT2D eigenvalue weighted by Gasteiger charge is -2.28. The van der Waals surface area contributed by atoms with Gasteiger partial charge < -0.3 is 10.1 Å². The zero-order valence-electron chi connectivity index (χ0n) is 13.9. The van der Waals surface area contributed by atoms with Crippen molar-refractivity contribution in [3.8, 4) is 0 Å². The van der Waals surface area contributed by atoms with Crippen molar-refractivity contribution in [1.29, 1.82) is 0 Å². The van der Waals surface area contributed by atoms with Crippen LogP contribution in [-0.2, 0) is 14.8 Å². The van der Waals surface area contributed by atoms with Crippen molar-refractivity contribution in [1.82, 2.24) is 9.62 Å². The molecule has 2 saturated heterocycles. The minimum Gasteiger partial charge on any atom is -0.376 e. The molecular weight excluding hydrogens is 348 g/mol. The van der Waals surface area contributed by atoms with Crippen LogP contribution < -0.4 is 5.32 Å². The molecule has 0 saturated carbocycles. The number of ether oxygens (including phenoxy) is 1. The Labute approximate surface area is 147 Å². The first kappa shape index (κ1) is 17.8. The third-order valence-corrected chi connectivity index (χ3v) is 8.11. The second kappa shape index (κ2) is 7.51. The summed E-state index contributed by atoms with van der Waals surface area (Å²) in [6, 6.07) is 3.13. The van der Waals surface area contributed by atoms with Crippen molar-refractivity contribution in [2.24, 2.45) is 5.92 Å². The Kier molecular flexibility index (Phi) is 5.59. The van der Waals surface area contributed by atoms with Gasteiger partial charge in [0.25, 0.3) is 15.9 Å². The van der Waals surface area contributed by atoms with Gasteiger partial charge >= 0.3 is 0 Å². The van der Waals surface area contributed by atoms with Crippen LogP contribution in [0.15, 0.2) is 16.3 Å². The Morgan fingerprint density at radius 2 is 2.08 bits per heavy atom. The fourth-order valence-corrected chi connectivity index (χ4v) is 5.88. The van der Waals surface area contributed by atoms with Crippen LogP contribution in [0.25, 0.3) is 0 Å². The molecule has 1 amide bonds. The lowest BCUT2D eigenvalue weighted by atomic mass is 10.0. The summed E-state index contributed by atoms with van der Waals surface area (Å²) in [6.45, 7) is 4.48. The van der Waals surface area contributed by atoms with E-state index in [1.54, 1.807) is 12.1 Å². The van der Waals surface area contributed by atoms with E-state index in [4.69, 9.17) is 4.74 Å². The van der Waals surface area contributed by atoms with Gasteiger partial charge in [0.15, 0.2) is 0 Å². The van der Waals surface area contributed by atoms with Crippen LogP contribution in [0.3, 0.4) is 0 Å². The topological polar surface area (TPSA) is 75.7 Å². The van der Waals surface area contributed by atoms with Crippen LogP contribution in [0.4, 0.5) is 0 Å². The van der Waals surface area contributed by atoms with E-state index in [1.165, 1.54) is 4.31 Å². The number of nitrogens with one attached hydrogen (secondary N) is 1. The summed E-state index contributed by atoms with van der Waals surface area (Å²) in [5.41, 5.74) is 0. The number of carbonyl (C=O) groups is 1. The van der Waals surface area contributed by atoms with E-state index < -0.39 is 10.0 Å². The summed E-state index contributed by atoms with van der Waals surface area (Å²) < 4.78 is 32.6. The van der Waals surface area contributed by atoms with E-state index in [-0.39, 0.29) is 16.2 Å². The van der Waals surface area contributed by atoms with Crippen LogP contribution >= 0.6 is 11.3 Å². The molecular formula is C16H24N2O4S2. The summed E-state index contributed by atoms with van der Waals surface area (Å²) in [5.74, 6) is 0.336. The van der Waals surface area contributed by atoms with Crippen molar-refractivity contribution in [2.75, 3.05) is 26.2 Å². The average Bonchev–Trinajstić information content (AvgIpc) is 3.25. The second-order valence-corrected chi connectivity index (χ2v) is 9.80. The van der Waals surface area contributed by atoms with Gasteiger partial charge in [0.2, 0.25) is 0 Å². The maximum atomic E-state index is 12.7. The van der Waals surface area contributed by atoms with E-state index in [1.807, 2.05) is 0 Å². The Balaban J connectivity index is 1.62. The summed E-state index contributed by atoms with van der Waals surface area (Å²) in [5, 5.41) is 2.83. The Morgan fingerprint density at radius 3 is 2.75 bits per heavy atom. The zero-order chi connectivity index (χ0) is 17.2. The molecule has 24 heavy (non-hydrogen) atoms. The minimum atomic E-state index is -3.48. The van der Waals surface area contributed by atoms with Gasteiger partial charge in [-0.1, -0.05) is 6.92 Å². The van der Waals surface area contributed by atoms with Crippen LogP contribution in [0.5, 0.6) is 0 Å². The second-order valence-electron chi connectivity index (χ2n) is 6.55. The first-order valence-electron chi connectivity index (χ1n) is 8.46. The molecule has 3 rings (SSSR count). The molecule has 0 bridgehead atoms. The highest BCUT2D eigenvalue weighted by molar-refractivity contribution is 7.91. The number of piperidine rings is 1. The van der Waals surface area contributed by atoms with Gasteiger partial charge in [-0.3, -0.25) is 4.79 Å². The smallest absolute Gasteiger partial charge is 0.261 e. The van der Waals surface area contributed by atoms with Gasteiger partial charge in [-0.25, -0.2) is 8.42 Å². The maximum absolute atomic E-state index is 12.7. The van der Waals surface area contributed by atoms with Gasteiger partial charge in [-0.05, 0) is 43.7 Å². The predicted molar refractivity (Wildman–Crippen MR) is 92.8 cm³/mol. The number of hydrogen-bond donors (Lipinski definition) is 1. The van der Waals surface area contributed by atoms with Crippen molar-refractivity contribution in [3.63, 3.8) is 0 Å². The van der Waals surface area contributed by atoms with Crippen LogP contribution in [-0.4, -0.2) is 51.0 Å². The quantitative estimate of drug-likeness (QED) is 0.859. The SMILES string of the molecule is CC1CCN(S(=O)(=O)c2ccc(C(=O)NCC3CCCO3)s2)CC1. The zero-order valence-corrected chi connectivity index (χ0v) is 15.5. The highest BCUT2D eigenvalue weighted by Crippen LogP contribution is 2.28. The molecule has 0 aromatic carbocycles. The highest BCUT2D eigenvalue weighted by atomic mass is 32.2. The van der Waals surface area contributed by atoms with E-state index in [0.29, 0.717) is 30.4 Å². The van der Waals surface area contributed by atoms with Gasteiger partial charge in [-0.15, -0.1) is 11.3 Å². The molecule has 0 radical (unpaired) electrons. The molecule has 0 spiro atoms. The molecule has 6 nitrogen and oxygen atoms in total. The number of thiophene rings is 1. The van der Waals surface area contributed by atoms with Gasteiger partial charge in [-0.2, -0.15) is 4.31 Å². The third kappa shape index (κ3) is 3.99. The van der Waals surface area contributed by atoms with E-state index in [9.17, 15) is 13.2 Å².